The van der Waals surface area contributed by atoms with Crippen LogP contribution < -0.4 is 9.47 Å². The summed E-state index contributed by atoms with van der Waals surface area (Å²) in [5.74, 6) is 0.0912. The van der Waals surface area contributed by atoms with Gasteiger partial charge in [-0.1, -0.05) is 24.3 Å². The maximum absolute atomic E-state index is 13.2. The average molecular weight is 420 g/mol. The van der Waals surface area contributed by atoms with Crippen LogP contribution in [0.15, 0.2) is 48.5 Å². The highest BCUT2D eigenvalue weighted by Gasteiger charge is 2.37. The lowest BCUT2D eigenvalue weighted by Gasteiger charge is -2.37. The Kier molecular flexibility index (Phi) is 5.27. The molecule has 1 saturated heterocycles. The number of piperazine rings is 1. The summed E-state index contributed by atoms with van der Waals surface area (Å²) in [6, 6.07) is 11.8. The Bertz CT molecular complexity index is 955. The molecule has 2 aliphatic heterocycles. The van der Waals surface area contributed by atoms with Crippen LogP contribution in [0, 0.1) is 0 Å². The number of para-hydroxylation sites is 2. The predicted molar refractivity (Wildman–Crippen MR) is 100 cm³/mol. The van der Waals surface area contributed by atoms with Crippen LogP contribution >= 0.6 is 0 Å². The Morgan fingerprint density at radius 2 is 1.47 bits per heavy atom. The summed E-state index contributed by atoms with van der Waals surface area (Å²) in [6.45, 7) is 0.774. The Balaban J connectivity index is 1.39. The number of alkyl halides is 3. The molecule has 9 heteroatoms. The van der Waals surface area contributed by atoms with Gasteiger partial charge in [0.15, 0.2) is 11.5 Å². The van der Waals surface area contributed by atoms with Gasteiger partial charge in [0.2, 0.25) is 6.10 Å². The van der Waals surface area contributed by atoms with E-state index in [4.69, 9.17) is 9.47 Å². The molecular weight excluding hydrogens is 401 g/mol. The molecule has 2 heterocycles. The molecular formula is C21H19F3N2O4. The van der Waals surface area contributed by atoms with Crippen molar-refractivity contribution in [1.29, 1.82) is 0 Å². The lowest BCUT2D eigenvalue weighted by atomic mass is 10.1. The van der Waals surface area contributed by atoms with Crippen molar-refractivity contribution in [2.75, 3.05) is 32.8 Å². The number of nitrogens with zero attached hydrogens (tertiary/aromatic N) is 2. The average Bonchev–Trinajstić information content (AvgIpc) is 2.77. The topological polar surface area (TPSA) is 59.1 Å². The van der Waals surface area contributed by atoms with Gasteiger partial charge in [-0.2, -0.15) is 13.2 Å². The van der Waals surface area contributed by atoms with Gasteiger partial charge in [0, 0.05) is 26.2 Å². The summed E-state index contributed by atoms with van der Waals surface area (Å²) in [7, 11) is 0. The standard InChI is InChI=1S/C21H19F3N2O4/c22-21(23,24)15-6-2-1-5-14(15)19(27)25-9-11-26(12-10-25)20(28)18-13-29-16-7-3-4-8-17(16)30-18/h1-8,18H,9-13H2. The molecule has 1 unspecified atom stereocenters. The number of amides is 2. The first-order valence-corrected chi connectivity index (χ1v) is 9.47. The van der Waals surface area contributed by atoms with Crippen molar-refractivity contribution in [2.24, 2.45) is 0 Å². The van der Waals surface area contributed by atoms with E-state index in [1.54, 1.807) is 29.2 Å². The van der Waals surface area contributed by atoms with Gasteiger partial charge in [-0.3, -0.25) is 9.59 Å². The quantitative estimate of drug-likeness (QED) is 0.750. The van der Waals surface area contributed by atoms with Crippen molar-refractivity contribution in [1.82, 2.24) is 9.80 Å². The van der Waals surface area contributed by atoms with Crippen LogP contribution in [-0.2, 0) is 11.0 Å². The molecule has 2 aromatic carbocycles. The Hall–Kier alpha value is -3.23. The first kappa shape index (κ1) is 20.1. The number of halogens is 3. The summed E-state index contributed by atoms with van der Waals surface area (Å²) < 4.78 is 50.9. The smallest absolute Gasteiger partial charge is 0.417 e. The number of rotatable bonds is 2. The van der Waals surface area contributed by atoms with Crippen molar-refractivity contribution < 1.29 is 32.2 Å². The first-order chi connectivity index (χ1) is 14.3. The molecule has 158 valence electrons. The Labute approximate surface area is 170 Å². The largest absolute Gasteiger partial charge is 0.485 e. The Morgan fingerprint density at radius 1 is 0.867 bits per heavy atom. The van der Waals surface area contributed by atoms with E-state index in [0.29, 0.717) is 11.5 Å². The third-order valence-corrected chi connectivity index (χ3v) is 5.13. The second-order valence-electron chi connectivity index (χ2n) is 7.03. The molecule has 0 saturated carbocycles. The minimum absolute atomic E-state index is 0.0773. The summed E-state index contributed by atoms with van der Waals surface area (Å²) in [6.07, 6.45) is -5.41. The molecule has 4 rings (SSSR count). The first-order valence-electron chi connectivity index (χ1n) is 9.47. The number of fused-ring (bicyclic) bond motifs is 1. The minimum atomic E-state index is -4.61. The zero-order valence-corrected chi connectivity index (χ0v) is 15.9. The van der Waals surface area contributed by atoms with Gasteiger partial charge >= 0.3 is 6.18 Å². The maximum atomic E-state index is 13.2. The van der Waals surface area contributed by atoms with E-state index in [2.05, 4.69) is 0 Å². The Morgan fingerprint density at radius 3 is 2.17 bits per heavy atom. The van der Waals surface area contributed by atoms with E-state index in [1.807, 2.05) is 0 Å². The van der Waals surface area contributed by atoms with Crippen LogP contribution in [0.25, 0.3) is 0 Å². The lowest BCUT2D eigenvalue weighted by Crippen LogP contribution is -2.55. The van der Waals surface area contributed by atoms with E-state index in [0.717, 1.165) is 6.07 Å². The number of carbonyl (C=O) groups excluding carboxylic acids is 2. The van der Waals surface area contributed by atoms with E-state index in [9.17, 15) is 22.8 Å². The van der Waals surface area contributed by atoms with E-state index in [-0.39, 0.29) is 44.3 Å². The summed E-state index contributed by atoms with van der Waals surface area (Å²) in [5.41, 5.74) is -1.34. The van der Waals surface area contributed by atoms with Crippen LogP contribution in [0.1, 0.15) is 15.9 Å². The molecule has 0 N–H and O–H groups in total. The third kappa shape index (κ3) is 3.92. The zero-order valence-electron chi connectivity index (χ0n) is 15.9. The van der Waals surface area contributed by atoms with Crippen LogP contribution in [-0.4, -0.2) is 60.5 Å². The molecule has 0 radical (unpaired) electrons. The maximum Gasteiger partial charge on any atom is 0.417 e. The second kappa shape index (κ2) is 7.89. The van der Waals surface area contributed by atoms with Crippen molar-refractivity contribution in [2.45, 2.75) is 12.3 Å². The molecule has 2 aliphatic rings. The van der Waals surface area contributed by atoms with Gasteiger partial charge in [-0.25, -0.2) is 0 Å². The fourth-order valence-electron chi connectivity index (χ4n) is 3.56. The minimum Gasteiger partial charge on any atom is -0.485 e. The van der Waals surface area contributed by atoms with Gasteiger partial charge < -0.3 is 19.3 Å². The fraction of sp³-hybridized carbons (Fsp3) is 0.333. The number of benzene rings is 2. The van der Waals surface area contributed by atoms with Crippen molar-refractivity contribution in [3.63, 3.8) is 0 Å². The summed E-state index contributed by atoms with van der Waals surface area (Å²) >= 11 is 0. The molecule has 1 fully saturated rings. The molecule has 0 bridgehead atoms. The summed E-state index contributed by atoms with van der Waals surface area (Å²) in [5, 5.41) is 0. The van der Waals surface area contributed by atoms with Crippen LogP contribution in [0.2, 0.25) is 0 Å². The van der Waals surface area contributed by atoms with Gasteiger partial charge in [0.1, 0.15) is 6.61 Å². The number of hydrogen-bond donors (Lipinski definition) is 0. The number of ether oxygens (including phenoxy) is 2. The van der Waals surface area contributed by atoms with Crippen molar-refractivity contribution in [3.05, 3.63) is 59.7 Å². The normalized spacial score (nSPS) is 18.8. The van der Waals surface area contributed by atoms with Crippen LogP contribution in [0.5, 0.6) is 11.5 Å². The molecule has 0 aromatic heterocycles. The van der Waals surface area contributed by atoms with Crippen LogP contribution in [0.3, 0.4) is 0 Å². The lowest BCUT2D eigenvalue weighted by molar-refractivity contribution is -0.142. The highest BCUT2D eigenvalue weighted by Crippen LogP contribution is 2.33. The zero-order chi connectivity index (χ0) is 21.3. The molecule has 6 nitrogen and oxygen atoms in total. The monoisotopic (exact) mass is 420 g/mol. The van der Waals surface area contributed by atoms with Gasteiger partial charge in [-0.15, -0.1) is 0 Å². The van der Waals surface area contributed by atoms with Gasteiger partial charge in [-0.05, 0) is 24.3 Å². The van der Waals surface area contributed by atoms with Crippen molar-refractivity contribution >= 4 is 11.8 Å². The van der Waals surface area contributed by atoms with E-state index < -0.39 is 23.8 Å². The second-order valence-corrected chi connectivity index (χ2v) is 7.03. The van der Waals surface area contributed by atoms with E-state index >= 15 is 0 Å². The molecule has 1 atom stereocenters. The molecule has 2 aromatic rings. The molecule has 0 aliphatic carbocycles. The SMILES string of the molecule is O=C(c1ccccc1C(F)(F)F)N1CCN(C(=O)C2COc3ccccc3O2)CC1. The predicted octanol–water partition coefficient (Wildman–Crippen LogP) is 2.83. The number of carbonyl (C=O) groups is 2. The van der Waals surface area contributed by atoms with Gasteiger partial charge in [0.05, 0.1) is 11.1 Å². The van der Waals surface area contributed by atoms with Crippen molar-refractivity contribution in [3.8, 4) is 11.5 Å². The summed E-state index contributed by atoms with van der Waals surface area (Å²) in [4.78, 5) is 28.3. The fourth-order valence-corrected chi connectivity index (χ4v) is 3.56. The number of hydrogen-bond acceptors (Lipinski definition) is 4. The molecule has 0 spiro atoms. The van der Waals surface area contributed by atoms with E-state index in [1.165, 1.54) is 23.1 Å². The van der Waals surface area contributed by atoms with Crippen LogP contribution in [0.4, 0.5) is 13.2 Å². The highest BCUT2D eigenvalue weighted by molar-refractivity contribution is 5.96. The third-order valence-electron chi connectivity index (χ3n) is 5.13. The molecule has 30 heavy (non-hydrogen) atoms. The highest BCUT2D eigenvalue weighted by atomic mass is 19.4. The molecule has 2 amide bonds. The van der Waals surface area contributed by atoms with Gasteiger partial charge in [0.25, 0.3) is 11.8 Å².